The molecule has 3 rings (SSSR count). The highest BCUT2D eigenvalue weighted by Gasteiger charge is 2.16. The first-order valence-electron chi connectivity index (χ1n) is 7.44. The van der Waals surface area contributed by atoms with Crippen LogP contribution < -0.4 is 5.32 Å². The fourth-order valence-electron chi connectivity index (χ4n) is 2.91. The van der Waals surface area contributed by atoms with Crippen LogP contribution >= 0.6 is 11.3 Å². The van der Waals surface area contributed by atoms with Crippen LogP contribution in [0.15, 0.2) is 11.6 Å². The van der Waals surface area contributed by atoms with Gasteiger partial charge in [-0.3, -0.25) is 9.20 Å². The van der Waals surface area contributed by atoms with Crippen molar-refractivity contribution in [3.8, 4) is 0 Å². The van der Waals surface area contributed by atoms with Crippen molar-refractivity contribution in [1.82, 2.24) is 14.7 Å². The number of nitrogens with zero attached hydrogens (tertiary/aromatic N) is 2. The first-order chi connectivity index (χ1) is 9.72. The molecule has 2 heterocycles. The van der Waals surface area contributed by atoms with Gasteiger partial charge in [-0.25, -0.2) is 4.98 Å². The average Bonchev–Trinajstić information content (AvgIpc) is 2.97. The van der Waals surface area contributed by atoms with Crippen molar-refractivity contribution in [3.63, 3.8) is 0 Å². The first kappa shape index (κ1) is 13.6. The molecule has 0 unspecified atom stereocenters. The molecule has 1 aliphatic carbocycles. The van der Waals surface area contributed by atoms with Gasteiger partial charge >= 0.3 is 0 Å². The van der Waals surface area contributed by atoms with E-state index in [2.05, 4.69) is 20.1 Å². The van der Waals surface area contributed by atoms with Gasteiger partial charge in [-0.1, -0.05) is 19.3 Å². The Bertz CT molecular complexity index is 595. The fourth-order valence-corrected chi connectivity index (χ4v) is 3.86. The number of amides is 1. The maximum atomic E-state index is 12.0. The third-order valence-corrected chi connectivity index (χ3v) is 4.87. The number of aromatic nitrogens is 2. The highest BCUT2D eigenvalue weighted by Crippen LogP contribution is 2.19. The second kappa shape index (κ2) is 5.95. The van der Waals surface area contributed by atoms with E-state index in [-0.39, 0.29) is 5.91 Å². The molecule has 0 atom stereocenters. The molecule has 2 aromatic heterocycles. The Labute approximate surface area is 123 Å². The molecule has 5 heteroatoms. The van der Waals surface area contributed by atoms with Crippen LogP contribution in [0.4, 0.5) is 0 Å². The maximum absolute atomic E-state index is 12.0. The van der Waals surface area contributed by atoms with Crippen LogP contribution in [0.5, 0.6) is 0 Å². The Morgan fingerprint density at radius 1 is 1.45 bits per heavy atom. The van der Waals surface area contributed by atoms with Crippen molar-refractivity contribution in [2.45, 2.75) is 57.9 Å². The molecule has 1 fully saturated rings. The SMILES string of the molecule is Cc1cn2c(CCC(=O)NC3CCCCC3)csc2n1. The quantitative estimate of drug-likeness (QED) is 0.941. The van der Waals surface area contributed by atoms with Gasteiger partial charge in [0.05, 0.1) is 5.69 Å². The Morgan fingerprint density at radius 2 is 2.25 bits per heavy atom. The Morgan fingerprint density at radius 3 is 3.05 bits per heavy atom. The van der Waals surface area contributed by atoms with Crippen LogP contribution in [0.1, 0.15) is 49.9 Å². The molecule has 1 amide bonds. The van der Waals surface area contributed by atoms with Gasteiger partial charge in [-0.15, -0.1) is 11.3 Å². The minimum Gasteiger partial charge on any atom is -0.353 e. The van der Waals surface area contributed by atoms with Gasteiger partial charge < -0.3 is 5.32 Å². The summed E-state index contributed by atoms with van der Waals surface area (Å²) in [6, 6.07) is 0.411. The van der Waals surface area contributed by atoms with Crippen molar-refractivity contribution in [2.24, 2.45) is 0 Å². The van der Waals surface area contributed by atoms with E-state index in [4.69, 9.17) is 0 Å². The summed E-state index contributed by atoms with van der Waals surface area (Å²) in [4.78, 5) is 17.5. The molecular formula is C15H21N3OS. The molecule has 1 aliphatic rings. The number of rotatable bonds is 4. The predicted molar refractivity (Wildman–Crippen MR) is 81.1 cm³/mol. The zero-order valence-corrected chi connectivity index (χ0v) is 12.7. The summed E-state index contributed by atoms with van der Waals surface area (Å²) < 4.78 is 2.11. The van der Waals surface area contributed by atoms with Crippen LogP contribution in [-0.2, 0) is 11.2 Å². The maximum Gasteiger partial charge on any atom is 0.220 e. The number of hydrogen-bond donors (Lipinski definition) is 1. The molecule has 108 valence electrons. The van der Waals surface area contributed by atoms with Crippen molar-refractivity contribution < 1.29 is 4.79 Å². The van der Waals surface area contributed by atoms with Crippen molar-refractivity contribution >= 4 is 22.2 Å². The van der Waals surface area contributed by atoms with Gasteiger partial charge in [-0.05, 0) is 26.2 Å². The third-order valence-electron chi connectivity index (χ3n) is 3.98. The molecule has 1 N–H and O–H groups in total. The summed E-state index contributed by atoms with van der Waals surface area (Å²) in [6.07, 6.45) is 9.52. The lowest BCUT2D eigenvalue weighted by molar-refractivity contribution is -0.122. The van der Waals surface area contributed by atoms with Gasteiger partial charge in [0.2, 0.25) is 5.91 Å². The number of hydrogen-bond acceptors (Lipinski definition) is 3. The van der Waals surface area contributed by atoms with Gasteiger partial charge in [-0.2, -0.15) is 0 Å². The number of carbonyl (C=O) groups excluding carboxylic acids is 1. The second-order valence-corrected chi connectivity index (χ2v) is 6.50. The van der Waals surface area contributed by atoms with E-state index in [0.717, 1.165) is 29.9 Å². The Balaban J connectivity index is 1.54. The van der Waals surface area contributed by atoms with Crippen LogP contribution in [-0.4, -0.2) is 21.3 Å². The molecule has 0 saturated heterocycles. The monoisotopic (exact) mass is 291 g/mol. The van der Waals surface area contributed by atoms with Gasteiger partial charge in [0.1, 0.15) is 0 Å². The number of fused-ring (bicyclic) bond motifs is 1. The number of carbonyl (C=O) groups is 1. The minimum atomic E-state index is 0.188. The summed E-state index contributed by atoms with van der Waals surface area (Å²) in [5.41, 5.74) is 2.22. The van der Waals surface area contributed by atoms with E-state index < -0.39 is 0 Å². The van der Waals surface area contributed by atoms with Crippen molar-refractivity contribution in [3.05, 3.63) is 23.0 Å². The van der Waals surface area contributed by atoms with Crippen LogP contribution in [0, 0.1) is 6.92 Å². The van der Waals surface area contributed by atoms with Gasteiger partial charge in [0.25, 0.3) is 0 Å². The van der Waals surface area contributed by atoms with E-state index in [1.807, 2.05) is 13.1 Å². The first-order valence-corrected chi connectivity index (χ1v) is 8.32. The van der Waals surface area contributed by atoms with Crippen molar-refractivity contribution in [1.29, 1.82) is 0 Å². The summed E-state index contributed by atoms with van der Waals surface area (Å²) in [5, 5.41) is 5.28. The summed E-state index contributed by atoms with van der Waals surface area (Å²) in [5.74, 6) is 0.188. The van der Waals surface area contributed by atoms with Crippen LogP contribution in [0.3, 0.4) is 0 Å². The topological polar surface area (TPSA) is 46.4 Å². The molecule has 0 aromatic carbocycles. The largest absolute Gasteiger partial charge is 0.353 e. The zero-order valence-electron chi connectivity index (χ0n) is 11.9. The normalized spacial score (nSPS) is 16.6. The number of nitrogens with one attached hydrogen (secondary N) is 1. The molecular weight excluding hydrogens is 270 g/mol. The molecule has 20 heavy (non-hydrogen) atoms. The molecule has 0 bridgehead atoms. The van der Waals surface area contributed by atoms with Crippen molar-refractivity contribution in [2.75, 3.05) is 0 Å². The summed E-state index contributed by atoms with van der Waals surface area (Å²) in [6.45, 7) is 2.00. The van der Waals surface area contributed by atoms with E-state index in [0.29, 0.717) is 12.5 Å². The second-order valence-electron chi connectivity index (χ2n) is 5.66. The molecule has 4 nitrogen and oxygen atoms in total. The average molecular weight is 291 g/mol. The Hall–Kier alpha value is -1.36. The highest BCUT2D eigenvalue weighted by molar-refractivity contribution is 7.15. The molecule has 1 saturated carbocycles. The standard InChI is InChI=1S/C15H21N3OS/c1-11-9-18-13(10-20-15(18)16-11)7-8-14(19)17-12-5-3-2-4-6-12/h9-10,12H,2-8H2,1H3,(H,17,19). The summed E-state index contributed by atoms with van der Waals surface area (Å²) >= 11 is 1.64. The fraction of sp³-hybridized carbons (Fsp3) is 0.600. The van der Waals surface area contributed by atoms with Gasteiger partial charge in [0, 0.05) is 29.7 Å². The zero-order chi connectivity index (χ0) is 13.9. The van der Waals surface area contributed by atoms with Crippen LogP contribution in [0.2, 0.25) is 0 Å². The lowest BCUT2D eigenvalue weighted by Crippen LogP contribution is -2.36. The third kappa shape index (κ3) is 3.03. The smallest absolute Gasteiger partial charge is 0.220 e. The molecule has 2 aromatic rings. The van der Waals surface area contributed by atoms with Gasteiger partial charge in [0.15, 0.2) is 4.96 Å². The number of imidazole rings is 1. The molecule has 0 spiro atoms. The predicted octanol–water partition coefficient (Wildman–Crippen LogP) is 3.09. The molecule has 0 aliphatic heterocycles. The Kier molecular flexibility index (Phi) is 4.05. The lowest BCUT2D eigenvalue weighted by Gasteiger charge is -2.22. The number of aryl methyl sites for hydroxylation is 2. The van der Waals surface area contributed by atoms with E-state index in [1.54, 1.807) is 11.3 Å². The minimum absolute atomic E-state index is 0.188. The summed E-state index contributed by atoms with van der Waals surface area (Å²) in [7, 11) is 0. The van der Waals surface area contributed by atoms with E-state index in [9.17, 15) is 4.79 Å². The van der Waals surface area contributed by atoms with Crippen LogP contribution in [0.25, 0.3) is 4.96 Å². The highest BCUT2D eigenvalue weighted by atomic mass is 32.1. The van der Waals surface area contributed by atoms with E-state index >= 15 is 0 Å². The molecule has 0 radical (unpaired) electrons. The van der Waals surface area contributed by atoms with E-state index in [1.165, 1.54) is 25.0 Å². The number of thiazole rings is 1. The lowest BCUT2D eigenvalue weighted by atomic mass is 9.95.